The Balaban J connectivity index is 2.01. The van der Waals surface area contributed by atoms with Gasteiger partial charge in [-0.2, -0.15) is 5.26 Å². The van der Waals surface area contributed by atoms with E-state index in [1.54, 1.807) is 0 Å². The van der Waals surface area contributed by atoms with Gasteiger partial charge in [-0.1, -0.05) is 12.1 Å². The highest BCUT2D eigenvalue weighted by Crippen LogP contribution is 2.40. The molecule has 0 aromatic heterocycles. The molecule has 1 unspecified atom stereocenters. The van der Waals surface area contributed by atoms with Gasteiger partial charge in [-0.3, -0.25) is 0 Å². The van der Waals surface area contributed by atoms with Crippen molar-refractivity contribution in [2.75, 3.05) is 6.54 Å². The lowest BCUT2D eigenvalue weighted by molar-refractivity contribution is 0.486. The quantitative estimate of drug-likeness (QED) is 0.771. The van der Waals surface area contributed by atoms with Gasteiger partial charge in [-0.05, 0) is 36.5 Å². The molecule has 84 valence electrons. The summed E-state index contributed by atoms with van der Waals surface area (Å²) in [7, 11) is 0. The second kappa shape index (κ2) is 5.09. The van der Waals surface area contributed by atoms with Gasteiger partial charge in [0.25, 0.3) is 0 Å². The van der Waals surface area contributed by atoms with Crippen LogP contribution in [0.3, 0.4) is 0 Å². The molecule has 0 bridgehead atoms. The Morgan fingerprint density at radius 3 is 2.62 bits per heavy atom. The van der Waals surface area contributed by atoms with E-state index < -0.39 is 0 Å². The smallest absolute Gasteiger partial charge is 0.123 e. The van der Waals surface area contributed by atoms with Gasteiger partial charge in [0.1, 0.15) is 5.82 Å². The Hall–Kier alpha value is -1.40. The lowest BCUT2D eigenvalue weighted by Gasteiger charge is -2.17. The van der Waals surface area contributed by atoms with E-state index >= 15 is 0 Å². The molecule has 0 aliphatic heterocycles. The zero-order chi connectivity index (χ0) is 11.4. The SMILES string of the molecule is N#CCCNC(c1ccc(F)cc1)C1CC1. The summed E-state index contributed by atoms with van der Waals surface area (Å²) in [6.45, 7) is 0.703. The molecule has 1 aliphatic rings. The van der Waals surface area contributed by atoms with Gasteiger partial charge >= 0.3 is 0 Å². The first-order valence-electron chi connectivity index (χ1n) is 5.67. The van der Waals surface area contributed by atoms with Crippen molar-refractivity contribution in [1.29, 1.82) is 5.26 Å². The molecule has 0 spiro atoms. The summed E-state index contributed by atoms with van der Waals surface area (Å²) in [6, 6.07) is 9.06. The fraction of sp³-hybridized carbons (Fsp3) is 0.462. The molecular weight excluding hydrogens is 203 g/mol. The highest BCUT2D eigenvalue weighted by molar-refractivity contribution is 5.22. The molecule has 1 aromatic rings. The third kappa shape index (κ3) is 2.80. The normalized spacial score (nSPS) is 16.8. The standard InChI is InChI=1S/C13H15FN2/c14-12-6-4-11(5-7-12)13(10-2-3-10)16-9-1-8-15/h4-7,10,13,16H,1-3,9H2. The molecule has 1 N–H and O–H groups in total. The predicted molar refractivity (Wildman–Crippen MR) is 60.1 cm³/mol. The Morgan fingerprint density at radius 2 is 2.06 bits per heavy atom. The van der Waals surface area contributed by atoms with Crippen LogP contribution >= 0.6 is 0 Å². The summed E-state index contributed by atoms with van der Waals surface area (Å²) in [5, 5.41) is 11.9. The first-order chi connectivity index (χ1) is 7.81. The van der Waals surface area contributed by atoms with E-state index in [2.05, 4.69) is 11.4 Å². The minimum absolute atomic E-state index is 0.199. The average Bonchev–Trinajstić information content (AvgIpc) is 3.10. The van der Waals surface area contributed by atoms with Crippen LogP contribution in [0.5, 0.6) is 0 Å². The highest BCUT2D eigenvalue weighted by atomic mass is 19.1. The second-order valence-electron chi connectivity index (χ2n) is 4.23. The van der Waals surface area contributed by atoms with Gasteiger partial charge in [-0.25, -0.2) is 4.39 Å². The van der Waals surface area contributed by atoms with Gasteiger partial charge in [0.2, 0.25) is 0 Å². The van der Waals surface area contributed by atoms with Gasteiger partial charge < -0.3 is 5.32 Å². The summed E-state index contributed by atoms with van der Waals surface area (Å²) in [5.41, 5.74) is 1.13. The van der Waals surface area contributed by atoms with E-state index in [-0.39, 0.29) is 11.9 Å². The first kappa shape index (κ1) is 11.1. The van der Waals surface area contributed by atoms with Crippen LogP contribution < -0.4 is 5.32 Å². The van der Waals surface area contributed by atoms with Crippen molar-refractivity contribution in [2.24, 2.45) is 5.92 Å². The van der Waals surface area contributed by atoms with E-state index in [0.29, 0.717) is 18.9 Å². The Labute approximate surface area is 95.1 Å². The topological polar surface area (TPSA) is 35.8 Å². The molecule has 1 saturated carbocycles. The summed E-state index contributed by atoms with van der Waals surface area (Å²) >= 11 is 0. The van der Waals surface area contributed by atoms with Crippen LogP contribution in [0.15, 0.2) is 24.3 Å². The van der Waals surface area contributed by atoms with E-state index in [0.717, 1.165) is 5.56 Å². The summed E-state index contributed by atoms with van der Waals surface area (Å²) in [5.74, 6) is 0.458. The molecule has 1 aliphatic carbocycles. The lowest BCUT2D eigenvalue weighted by atomic mass is 10.0. The number of hydrogen-bond donors (Lipinski definition) is 1. The van der Waals surface area contributed by atoms with Crippen LogP contribution in [-0.4, -0.2) is 6.54 Å². The fourth-order valence-corrected chi connectivity index (χ4v) is 1.94. The number of nitriles is 1. The minimum Gasteiger partial charge on any atom is -0.309 e. The van der Waals surface area contributed by atoms with Crippen molar-refractivity contribution in [3.63, 3.8) is 0 Å². The van der Waals surface area contributed by atoms with E-state index in [4.69, 9.17) is 5.26 Å². The summed E-state index contributed by atoms with van der Waals surface area (Å²) in [4.78, 5) is 0. The monoisotopic (exact) mass is 218 g/mol. The molecule has 2 rings (SSSR count). The number of rotatable bonds is 5. The molecule has 1 aromatic carbocycles. The number of halogens is 1. The molecule has 1 fully saturated rings. The number of benzene rings is 1. The van der Waals surface area contributed by atoms with Crippen molar-refractivity contribution in [1.82, 2.24) is 5.32 Å². The Bertz CT molecular complexity index is 376. The van der Waals surface area contributed by atoms with Crippen molar-refractivity contribution in [2.45, 2.75) is 25.3 Å². The van der Waals surface area contributed by atoms with Crippen LogP contribution in [0, 0.1) is 23.1 Å². The van der Waals surface area contributed by atoms with Gasteiger partial charge in [-0.15, -0.1) is 0 Å². The first-order valence-corrected chi connectivity index (χ1v) is 5.67. The largest absolute Gasteiger partial charge is 0.309 e. The second-order valence-corrected chi connectivity index (χ2v) is 4.23. The zero-order valence-corrected chi connectivity index (χ0v) is 9.12. The van der Waals surface area contributed by atoms with E-state index in [1.807, 2.05) is 12.1 Å². The van der Waals surface area contributed by atoms with Gasteiger partial charge in [0.15, 0.2) is 0 Å². The van der Waals surface area contributed by atoms with Crippen molar-refractivity contribution < 1.29 is 4.39 Å². The van der Waals surface area contributed by atoms with Crippen molar-refractivity contribution >= 4 is 0 Å². The highest BCUT2D eigenvalue weighted by Gasteiger charge is 2.31. The van der Waals surface area contributed by atoms with Crippen LogP contribution in [0.25, 0.3) is 0 Å². The van der Waals surface area contributed by atoms with Crippen molar-refractivity contribution in [3.05, 3.63) is 35.6 Å². The van der Waals surface area contributed by atoms with Crippen LogP contribution in [0.1, 0.15) is 30.9 Å². The minimum atomic E-state index is -0.199. The number of nitrogens with zero attached hydrogens (tertiary/aromatic N) is 1. The maximum absolute atomic E-state index is 12.8. The molecule has 0 radical (unpaired) electrons. The molecule has 1 atom stereocenters. The third-order valence-electron chi connectivity index (χ3n) is 2.92. The van der Waals surface area contributed by atoms with Gasteiger partial charge in [0, 0.05) is 19.0 Å². The van der Waals surface area contributed by atoms with Gasteiger partial charge in [0.05, 0.1) is 6.07 Å². The lowest BCUT2D eigenvalue weighted by Crippen LogP contribution is -2.23. The Morgan fingerprint density at radius 1 is 1.38 bits per heavy atom. The molecule has 3 heteroatoms. The third-order valence-corrected chi connectivity index (χ3v) is 2.92. The fourth-order valence-electron chi connectivity index (χ4n) is 1.94. The number of hydrogen-bond acceptors (Lipinski definition) is 2. The molecule has 0 saturated heterocycles. The summed E-state index contributed by atoms with van der Waals surface area (Å²) in [6.07, 6.45) is 2.97. The molecule has 0 amide bonds. The molecular formula is C13H15FN2. The van der Waals surface area contributed by atoms with Crippen LogP contribution in [0.4, 0.5) is 4.39 Å². The molecule has 2 nitrogen and oxygen atoms in total. The average molecular weight is 218 g/mol. The predicted octanol–water partition coefficient (Wildman–Crippen LogP) is 2.78. The van der Waals surface area contributed by atoms with Crippen molar-refractivity contribution in [3.8, 4) is 6.07 Å². The van der Waals surface area contributed by atoms with E-state index in [1.165, 1.54) is 25.0 Å². The Kier molecular flexibility index (Phi) is 3.53. The maximum atomic E-state index is 12.8. The molecule has 16 heavy (non-hydrogen) atoms. The van der Waals surface area contributed by atoms with Crippen LogP contribution in [-0.2, 0) is 0 Å². The zero-order valence-electron chi connectivity index (χ0n) is 9.12. The summed E-state index contributed by atoms with van der Waals surface area (Å²) < 4.78 is 12.8. The van der Waals surface area contributed by atoms with E-state index in [9.17, 15) is 4.39 Å². The maximum Gasteiger partial charge on any atom is 0.123 e. The van der Waals surface area contributed by atoms with Crippen LogP contribution in [0.2, 0.25) is 0 Å². The number of nitrogens with one attached hydrogen (secondary N) is 1. The molecule has 0 heterocycles.